The normalized spacial score (nSPS) is 33.1. The van der Waals surface area contributed by atoms with Crippen molar-refractivity contribution in [1.82, 2.24) is 10.2 Å². The first kappa shape index (κ1) is 14.8. The Balaban J connectivity index is 1.71. The highest BCUT2D eigenvalue weighted by atomic mass is 16.2. The van der Waals surface area contributed by atoms with Crippen LogP contribution >= 0.6 is 0 Å². The lowest BCUT2D eigenvalue weighted by Crippen LogP contribution is -2.57. The lowest BCUT2D eigenvalue weighted by molar-refractivity contribution is -0.128. The molecule has 1 heterocycles. The number of hydrogen-bond donors (Lipinski definition) is 2. The van der Waals surface area contributed by atoms with Gasteiger partial charge in [-0.2, -0.15) is 0 Å². The van der Waals surface area contributed by atoms with Gasteiger partial charge in [-0.05, 0) is 44.7 Å². The average Bonchev–Trinajstić information content (AvgIpc) is 2.39. The third-order valence-electron chi connectivity index (χ3n) is 4.65. The van der Waals surface area contributed by atoms with E-state index in [2.05, 4.69) is 17.1 Å². The fourth-order valence-electron chi connectivity index (χ4n) is 3.48. The van der Waals surface area contributed by atoms with Gasteiger partial charge in [0.2, 0.25) is 5.91 Å². The van der Waals surface area contributed by atoms with Crippen LogP contribution in [0.15, 0.2) is 0 Å². The first-order valence-corrected chi connectivity index (χ1v) is 7.90. The molecule has 2 aliphatic rings. The highest BCUT2D eigenvalue weighted by Crippen LogP contribution is 2.30. The van der Waals surface area contributed by atoms with Gasteiger partial charge in [-0.1, -0.05) is 26.2 Å². The van der Waals surface area contributed by atoms with Gasteiger partial charge in [-0.25, -0.2) is 0 Å². The largest absolute Gasteiger partial charge is 0.353 e. The molecule has 0 aromatic carbocycles. The standard InChI is InChI=1S/C15H29N3O/c1-13-6-5-7-15(16,12-13)14(19)17-8-11-18-9-3-2-4-10-18/h13H,2-12,16H2,1H3,(H,17,19). The average molecular weight is 267 g/mol. The molecule has 3 N–H and O–H groups in total. The molecule has 110 valence electrons. The van der Waals surface area contributed by atoms with Crippen LogP contribution in [0.5, 0.6) is 0 Å². The molecule has 1 aliphatic carbocycles. The van der Waals surface area contributed by atoms with E-state index in [1.807, 2.05) is 0 Å². The lowest BCUT2D eigenvalue weighted by Gasteiger charge is -2.35. The van der Waals surface area contributed by atoms with Gasteiger partial charge < -0.3 is 16.0 Å². The summed E-state index contributed by atoms with van der Waals surface area (Å²) < 4.78 is 0. The maximum absolute atomic E-state index is 12.3. The van der Waals surface area contributed by atoms with E-state index in [4.69, 9.17) is 5.73 Å². The maximum Gasteiger partial charge on any atom is 0.240 e. The Labute approximate surface area is 117 Å². The highest BCUT2D eigenvalue weighted by Gasteiger charge is 2.37. The molecule has 1 aliphatic heterocycles. The number of piperidine rings is 1. The summed E-state index contributed by atoms with van der Waals surface area (Å²) in [4.78, 5) is 14.7. The molecule has 2 unspecified atom stereocenters. The van der Waals surface area contributed by atoms with Crippen LogP contribution < -0.4 is 11.1 Å². The van der Waals surface area contributed by atoms with E-state index in [-0.39, 0.29) is 5.91 Å². The fourth-order valence-corrected chi connectivity index (χ4v) is 3.48. The second-order valence-corrected chi connectivity index (χ2v) is 6.52. The van der Waals surface area contributed by atoms with E-state index in [1.54, 1.807) is 0 Å². The number of nitrogens with zero attached hydrogens (tertiary/aromatic N) is 1. The van der Waals surface area contributed by atoms with Crippen molar-refractivity contribution in [2.45, 2.75) is 57.4 Å². The molecule has 4 nitrogen and oxygen atoms in total. The zero-order valence-electron chi connectivity index (χ0n) is 12.3. The molecule has 1 saturated carbocycles. The lowest BCUT2D eigenvalue weighted by atomic mass is 9.76. The Morgan fingerprint density at radius 3 is 2.74 bits per heavy atom. The van der Waals surface area contributed by atoms with Crippen molar-refractivity contribution in [3.63, 3.8) is 0 Å². The fraction of sp³-hybridized carbons (Fsp3) is 0.933. The topological polar surface area (TPSA) is 58.4 Å². The van der Waals surface area contributed by atoms with Gasteiger partial charge in [0.15, 0.2) is 0 Å². The molecule has 0 radical (unpaired) electrons. The number of likely N-dealkylation sites (tertiary alicyclic amines) is 1. The van der Waals surface area contributed by atoms with Crippen LogP contribution in [0.2, 0.25) is 0 Å². The second-order valence-electron chi connectivity index (χ2n) is 6.52. The highest BCUT2D eigenvalue weighted by molar-refractivity contribution is 5.86. The summed E-state index contributed by atoms with van der Waals surface area (Å²) in [6.07, 6.45) is 7.91. The Morgan fingerprint density at radius 2 is 2.05 bits per heavy atom. The van der Waals surface area contributed by atoms with Crippen molar-refractivity contribution >= 4 is 5.91 Å². The van der Waals surface area contributed by atoms with E-state index in [0.29, 0.717) is 5.92 Å². The molecule has 0 aromatic rings. The summed E-state index contributed by atoms with van der Waals surface area (Å²) in [5.41, 5.74) is 5.68. The van der Waals surface area contributed by atoms with Crippen LogP contribution in [0, 0.1) is 5.92 Å². The molecule has 2 rings (SSSR count). The molecule has 4 heteroatoms. The zero-order valence-corrected chi connectivity index (χ0v) is 12.3. The number of hydrogen-bond acceptors (Lipinski definition) is 3. The first-order chi connectivity index (χ1) is 9.10. The van der Waals surface area contributed by atoms with Gasteiger partial charge >= 0.3 is 0 Å². The quantitative estimate of drug-likeness (QED) is 0.811. The van der Waals surface area contributed by atoms with Gasteiger partial charge in [0, 0.05) is 13.1 Å². The molecule has 1 amide bonds. The third-order valence-corrected chi connectivity index (χ3v) is 4.65. The summed E-state index contributed by atoms with van der Waals surface area (Å²) in [7, 11) is 0. The number of nitrogens with one attached hydrogen (secondary N) is 1. The van der Waals surface area contributed by atoms with E-state index in [0.717, 1.165) is 32.4 Å². The van der Waals surface area contributed by atoms with Crippen LogP contribution in [-0.2, 0) is 4.79 Å². The summed E-state index contributed by atoms with van der Waals surface area (Å²) >= 11 is 0. The van der Waals surface area contributed by atoms with Gasteiger partial charge in [0.1, 0.15) is 0 Å². The number of amides is 1. The van der Waals surface area contributed by atoms with E-state index >= 15 is 0 Å². The summed E-state index contributed by atoms with van der Waals surface area (Å²) in [6, 6.07) is 0. The smallest absolute Gasteiger partial charge is 0.240 e. The minimum absolute atomic E-state index is 0.0658. The SMILES string of the molecule is CC1CCCC(N)(C(=O)NCCN2CCCCC2)C1. The Hall–Kier alpha value is -0.610. The van der Waals surface area contributed by atoms with Crippen LogP contribution in [0.4, 0.5) is 0 Å². The van der Waals surface area contributed by atoms with E-state index in [9.17, 15) is 4.79 Å². The number of rotatable bonds is 4. The van der Waals surface area contributed by atoms with Gasteiger partial charge in [-0.15, -0.1) is 0 Å². The van der Waals surface area contributed by atoms with Crippen molar-refractivity contribution in [3.8, 4) is 0 Å². The van der Waals surface area contributed by atoms with E-state index < -0.39 is 5.54 Å². The van der Waals surface area contributed by atoms with Crippen molar-refractivity contribution in [2.75, 3.05) is 26.2 Å². The third kappa shape index (κ3) is 4.18. The van der Waals surface area contributed by atoms with Crippen molar-refractivity contribution in [2.24, 2.45) is 11.7 Å². The molecular weight excluding hydrogens is 238 g/mol. The first-order valence-electron chi connectivity index (χ1n) is 7.90. The molecule has 2 atom stereocenters. The minimum Gasteiger partial charge on any atom is -0.353 e. The van der Waals surface area contributed by atoms with Crippen LogP contribution in [0.25, 0.3) is 0 Å². The summed E-state index contributed by atoms with van der Waals surface area (Å²) in [5.74, 6) is 0.641. The predicted molar refractivity (Wildman–Crippen MR) is 77.9 cm³/mol. The van der Waals surface area contributed by atoms with Crippen molar-refractivity contribution < 1.29 is 4.79 Å². The molecular formula is C15H29N3O. The number of carbonyl (C=O) groups excluding carboxylic acids is 1. The predicted octanol–water partition coefficient (Wildman–Crippen LogP) is 1.50. The van der Waals surface area contributed by atoms with Crippen molar-refractivity contribution in [3.05, 3.63) is 0 Å². The van der Waals surface area contributed by atoms with Crippen LogP contribution in [0.3, 0.4) is 0 Å². The van der Waals surface area contributed by atoms with Gasteiger partial charge in [-0.3, -0.25) is 4.79 Å². The molecule has 19 heavy (non-hydrogen) atoms. The van der Waals surface area contributed by atoms with Crippen LogP contribution in [-0.4, -0.2) is 42.5 Å². The zero-order chi connectivity index (χ0) is 13.7. The molecule has 0 aromatic heterocycles. The van der Waals surface area contributed by atoms with Crippen molar-refractivity contribution in [1.29, 1.82) is 0 Å². The monoisotopic (exact) mass is 267 g/mol. The maximum atomic E-state index is 12.3. The molecule has 2 fully saturated rings. The number of carbonyl (C=O) groups is 1. The second kappa shape index (κ2) is 6.71. The van der Waals surface area contributed by atoms with Gasteiger partial charge in [0.25, 0.3) is 0 Å². The van der Waals surface area contributed by atoms with E-state index in [1.165, 1.54) is 38.8 Å². The van der Waals surface area contributed by atoms with Crippen LogP contribution in [0.1, 0.15) is 51.9 Å². The Morgan fingerprint density at radius 1 is 1.32 bits per heavy atom. The Kier molecular flexibility index (Phi) is 5.22. The molecule has 0 spiro atoms. The number of nitrogens with two attached hydrogens (primary N) is 1. The molecule has 1 saturated heterocycles. The Bertz CT molecular complexity index is 302. The van der Waals surface area contributed by atoms with Gasteiger partial charge in [0.05, 0.1) is 5.54 Å². The summed E-state index contributed by atoms with van der Waals surface area (Å²) in [6.45, 7) is 6.27. The molecule has 0 bridgehead atoms. The summed E-state index contributed by atoms with van der Waals surface area (Å²) in [5, 5.41) is 3.06. The minimum atomic E-state index is -0.612.